The van der Waals surface area contributed by atoms with Crippen molar-refractivity contribution in [1.29, 1.82) is 0 Å². The van der Waals surface area contributed by atoms with Gasteiger partial charge in [0.2, 0.25) is 0 Å². The fraction of sp³-hybridized carbons (Fsp3) is 0. The number of nitrogens with zero attached hydrogens (tertiary/aromatic N) is 1. The Kier molecular flexibility index (Phi) is 4.15. The first-order valence-corrected chi connectivity index (χ1v) is 5.98. The molecule has 0 aromatic heterocycles. The molecule has 1 amide bonds. The van der Waals surface area contributed by atoms with Crippen LogP contribution in [0.3, 0.4) is 0 Å². The molecule has 0 atom stereocenters. The molecule has 0 fully saturated rings. The molecule has 0 spiro atoms. The van der Waals surface area contributed by atoms with Crippen LogP contribution in [0, 0.1) is 0 Å². The van der Waals surface area contributed by atoms with E-state index in [-0.39, 0.29) is 5.91 Å². The van der Waals surface area contributed by atoms with Gasteiger partial charge in [-0.25, -0.2) is 5.43 Å². The lowest BCUT2D eigenvalue weighted by Gasteiger charge is -2.00. The topological polar surface area (TPSA) is 67.5 Å². The van der Waals surface area contributed by atoms with Gasteiger partial charge in [0.15, 0.2) is 0 Å². The highest BCUT2D eigenvalue weighted by Crippen LogP contribution is 2.12. The predicted octanol–water partition coefficient (Wildman–Crippen LogP) is 2.69. The Hall–Kier alpha value is -2.33. The number of benzene rings is 2. The van der Waals surface area contributed by atoms with Crippen LogP contribution in [0.25, 0.3) is 0 Å². The standard InChI is InChI=1S/C14H12ClN3O/c15-13-4-2-1-3-11(13)9-17-18-14(19)10-5-7-12(16)8-6-10/h1-9H,16H2,(H,18,19). The minimum atomic E-state index is -0.302. The molecule has 5 heteroatoms. The van der Waals surface area contributed by atoms with E-state index in [0.29, 0.717) is 16.3 Å². The van der Waals surface area contributed by atoms with Crippen LogP contribution >= 0.6 is 11.6 Å². The van der Waals surface area contributed by atoms with Crippen molar-refractivity contribution in [3.63, 3.8) is 0 Å². The van der Waals surface area contributed by atoms with Crippen molar-refractivity contribution in [1.82, 2.24) is 5.43 Å². The van der Waals surface area contributed by atoms with Crippen molar-refractivity contribution in [3.05, 3.63) is 64.7 Å². The zero-order valence-electron chi connectivity index (χ0n) is 10.0. The lowest BCUT2D eigenvalue weighted by Crippen LogP contribution is -2.17. The highest BCUT2D eigenvalue weighted by molar-refractivity contribution is 6.33. The number of halogens is 1. The molecule has 0 saturated heterocycles. The summed E-state index contributed by atoms with van der Waals surface area (Å²) < 4.78 is 0. The monoisotopic (exact) mass is 273 g/mol. The first-order valence-electron chi connectivity index (χ1n) is 5.60. The number of nitrogens with two attached hydrogens (primary N) is 1. The zero-order valence-corrected chi connectivity index (χ0v) is 10.8. The molecule has 4 nitrogen and oxygen atoms in total. The quantitative estimate of drug-likeness (QED) is 0.513. The van der Waals surface area contributed by atoms with Crippen LogP contribution in [0.5, 0.6) is 0 Å². The summed E-state index contributed by atoms with van der Waals surface area (Å²) in [5, 5.41) is 4.44. The van der Waals surface area contributed by atoms with Gasteiger partial charge in [-0.05, 0) is 30.3 Å². The maximum Gasteiger partial charge on any atom is 0.271 e. The number of nitrogen functional groups attached to an aromatic ring is 1. The number of amides is 1. The van der Waals surface area contributed by atoms with E-state index >= 15 is 0 Å². The maximum atomic E-state index is 11.7. The molecular formula is C14H12ClN3O. The largest absolute Gasteiger partial charge is 0.399 e. The van der Waals surface area contributed by atoms with E-state index in [1.54, 1.807) is 36.4 Å². The number of hydrazone groups is 1. The van der Waals surface area contributed by atoms with Crippen LogP contribution in [0.2, 0.25) is 5.02 Å². The Bertz CT molecular complexity index is 608. The van der Waals surface area contributed by atoms with Crippen molar-refractivity contribution in [2.45, 2.75) is 0 Å². The molecule has 0 aliphatic heterocycles. The minimum absolute atomic E-state index is 0.302. The average molecular weight is 274 g/mol. The Balaban J connectivity index is 2.01. The Morgan fingerprint density at radius 2 is 1.84 bits per heavy atom. The number of carbonyl (C=O) groups excluding carboxylic acids is 1. The van der Waals surface area contributed by atoms with E-state index in [4.69, 9.17) is 17.3 Å². The summed E-state index contributed by atoms with van der Waals surface area (Å²) in [4.78, 5) is 11.7. The minimum Gasteiger partial charge on any atom is -0.399 e. The summed E-state index contributed by atoms with van der Waals surface area (Å²) in [6.45, 7) is 0. The third-order valence-corrected chi connectivity index (χ3v) is 2.79. The first kappa shape index (κ1) is 13.1. The molecular weight excluding hydrogens is 262 g/mol. The number of anilines is 1. The van der Waals surface area contributed by atoms with Gasteiger partial charge < -0.3 is 5.73 Å². The fourth-order valence-corrected chi connectivity index (χ4v) is 1.62. The van der Waals surface area contributed by atoms with Crippen LogP contribution in [-0.4, -0.2) is 12.1 Å². The van der Waals surface area contributed by atoms with E-state index in [0.717, 1.165) is 5.56 Å². The van der Waals surface area contributed by atoms with Gasteiger partial charge in [0.1, 0.15) is 0 Å². The number of carbonyl (C=O) groups is 1. The van der Waals surface area contributed by atoms with Crippen LogP contribution in [-0.2, 0) is 0 Å². The Morgan fingerprint density at radius 3 is 2.53 bits per heavy atom. The van der Waals surface area contributed by atoms with Crippen molar-refractivity contribution in [3.8, 4) is 0 Å². The van der Waals surface area contributed by atoms with Crippen LogP contribution < -0.4 is 11.2 Å². The lowest BCUT2D eigenvalue weighted by atomic mass is 10.2. The molecule has 0 aliphatic carbocycles. The van der Waals surface area contributed by atoms with Crippen LogP contribution in [0.15, 0.2) is 53.6 Å². The summed E-state index contributed by atoms with van der Waals surface area (Å²) >= 11 is 5.96. The predicted molar refractivity (Wildman–Crippen MR) is 77.4 cm³/mol. The van der Waals surface area contributed by atoms with E-state index in [1.807, 2.05) is 12.1 Å². The Morgan fingerprint density at radius 1 is 1.16 bits per heavy atom. The van der Waals surface area contributed by atoms with E-state index in [9.17, 15) is 4.79 Å². The van der Waals surface area contributed by atoms with Gasteiger partial charge >= 0.3 is 0 Å². The molecule has 2 aromatic rings. The number of nitrogens with one attached hydrogen (secondary N) is 1. The second-order valence-corrected chi connectivity index (χ2v) is 4.25. The molecule has 0 saturated carbocycles. The fourth-order valence-electron chi connectivity index (χ4n) is 1.44. The molecule has 0 bridgehead atoms. The highest BCUT2D eigenvalue weighted by atomic mass is 35.5. The number of rotatable bonds is 3. The van der Waals surface area contributed by atoms with Crippen LogP contribution in [0.4, 0.5) is 5.69 Å². The summed E-state index contributed by atoms with van der Waals surface area (Å²) in [7, 11) is 0. The van der Waals surface area contributed by atoms with Crippen molar-refractivity contribution in [2.75, 3.05) is 5.73 Å². The van der Waals surface area contributed by atoms with E-state index < -0.39 is 0 Å². The summed E-state index contributed by atoms with van der Waals surface area (Å²) in [5.41, 5.74) is 9.81. The molecule has 3 N–H and O–H groups in total. The zero-order chi connectivity index (χ0) is 13.7. The second-order valence-electron chi connectivity index (χ2n) is 3.84. The van der Waals surface area contributed by atoms with Gasteiger partial charge in [0, 0.05) is 21.8 Å². The van der Waals surface area contributed by atoms with E-state index in [1.165, 1.54) is 6.21 Å². The molecule has 2 aromatic carbocycles. The summed E-state index contributed by atoms with van der Waals surface area (Å²) in [6, 6.07) is 13.8. The van der Waals surface area contributed by atoms with Gasteiger partial charge in [0.05, 0.1) is 6.21 Å². The first-order chi connectivity index (χ1) is 9.16. The van der Waals surface area contributed by atoms with Crippen molar-refractivity contribution in [2.24, 2.45) is 5.10 Å². The molecule has 19 heavy (non-hydrogen) atoms. The molecule has 0 radical (unpaired) electrons. The maximum absolute atomic E-state index is 11.7. The van der Waals surface area contributed by atoms with Crippen molar-refractivity contribution >= 4 is 29.4 Å². The lowest BCUT2D eigenvalue weighted by molar-refractivity contribution is 0.0955. The highest BCUT2D eigenvalue weighted by Gasteiger charge is 2.02. The molecule has 0 aliphatic rings. The van der Waals surface area contributed by atoms with Crippen molar-refractivity contribution < 1.29 is 4.79 Å². The average Bonchev–Trinajstić information content (AvgIpc) is 2.41. The van der Waals surface area contributed by atoms with Gasteiger partial charge in [0.25, 0.3) is 5.91 Å². The van der Waals surface area contributed by atoms with Gasteiger partial charge in [-0.15, -0.1) is 0 Å². The van der Waals surface area contributed by atoms with Gasteiger partial charge in [-0.2, -0.15) is 5.10 Å². The van der Waals surface area contributed by atoms with Gasteiger partial charge in [-0.3, -0.25) is 4.79 Å². The summed E-state index contributed by atoms with van der Waals surface area (Å²) in [6.07, 6.45) is 1.50. The SMILES string of the molecule is Nc1ccc(C(=O)NN=Cc2ccccc2Cl)cc1. The third-order valence-electron chi connectivity index (χ3n) is 2.45. The smallest absolute Gasteiger partial charge is 0.271 e. The molecule has 96 valence electrons. The normalized spacial score (nSPS) is 10.6. The Labute approximate surface area is 115 Å². The third kappa shape index (κ3) is 3.56. The number of hydrogen-bond donors (Lipinski definition) is 2. The molecule has 0 unspecified atom stereocenters. The van der Waals surface area contributed by atoms with Gasteiger partial charge in [-0.1, -0.05) is 29.8 Å². The summed E-state index contributed by atoms with van der Waals surface area (Å²) in [5.74, 6) is -0.302. The van der Waals surface area contributed by atoms with Crippen LogP contribution in [0.1, 0.15) is 15.9 Å². The number of hydrogen-bond acceptors (Lipinski definition) is 3. The molecule has 2 rings (SSSR count). The molecule has 0 heterocycles. The van der Waals surface area contributed by atoms with E-state index in [2.05, 4.69) is 10.5 Å². The second kappa shape index (κ2) is 6.02.